The molecular weight excluding hydrogens is 214 g/mol. The maximum absolute atomic E-state index is 9.18. The van der Waals surface area contributed by atoms with Crippen LogP contribution in [0.25, 0.3) is 0 Å². The van der Waals surface area contributed by atoms with Crippen molar-refractivity contribution in [2.24, 2.45) is 0 Å². The monoisotopic (exact) mass is 235 g/mol. The highest BCUT2D eigenvalue weighted by Crippen LogP contribution is 2.28. The summed E-state index contributed by atoms with van der Waals surface area (Å²) in [6.07, 6.45) is 4.64. The van der Waals surface area contributed by atoms with Gasteiger partial charge in [0.2, 0.25) is 0 Å². The molecule has 0 aliphatic heterocycles. The minimum absolute atomic E-state index is 0.182. The molecule has 1 fully saturated rings. The van der Waals surface area contributed by atoms with Gasteiger partial charge in [-0.05, 0) is 32.6 Å². The topological polar surface area (TPSA) is 49.2 Å². The summed E-state index contributed by atoms with van der Waals surface area (Å²) >= 11 is 0. The van der Waals surface area contributed by atoms with Crippen molar-refractivity contribution in [2.45, 2.75) is 45.6 Å². The zero-order chi connectivity index (χ0) is 12.3. The van der Waals surface area contributed by atoms with Crippen LogP contribution in [0.3, 0.4) is 0 Å². The predicted octanol–water partition coefficient (Wildman–Crippen LogP) is 1.70. The quantitative estimate of drug-likeness (QED) is 0.844. The first-order chi connectivity index (χ1) is 8.24. The number of hydrogen-bond acceptors (Lipinski definition) is 4. The predicted molar refractivity (Wildman–Crippen MR) is 68.2 cm³/mol. The molecule has 0 atom stereocenters. The summed E-state index contributed by atoms with van der Waals surface area (Å²) in [6, 6.07) is 2.61. The van der Waals surface area contributed by atoms with Crippen LogP contribution in [0.15, 0.2) is 6.07 Å². The van der Waals surface area contributed by atoms with Crippen molar-refractivity contribution in [3.63, 3.8) is 0 Å². The standard InChI is InChI=1S/C13H21N3O/c1-3-11-9-13(15-10(2)14-11)16(7-8-17)12-5-4-6-12/h9,12,17H,3-8H2,1-2H3. The molecule has 4 nitrogen and oxygen atoms in total. The van der Waals surface area contributed by atoms with Gasteiger partial charge in [0, 0.05) is 24.3 Å². The normalized spacial score (nSPS) is 15.7. The summed E-state index contributed by atoms with van der Waals surface area (Å²) in [5.41, 5.74) is 1.08. The largest absolute Gasteiger partial charge is 0.395 e. The van der Waals surface area contributed by atoms with Crippen molar-refractivity contribution in [3.05, 3.63) is 17.6 Å². The van der Waals surface area contributed by atoms with E-state index in [0.717, 1.165) is 23.8 Å². The lowest BCUT2D eigenvalue weighted by atomic mass is 9.91. The van der Waals surface area contributed by atoms with E-state index in [1.807, 2.05) is 6.92 Å². The lowest BCUT2D eigenvalue weighted by molar-refractivity contribution is 0.283. The van der Waals surface area contributed by atoms with Crippen molar-refractivity contribution in [1.29, 1.82) is 0 Å². The first kappa shape index (κ1) is 12.3. The molecular formula is C13H21N3O. The fourth-order valence-corrected chi connectivity index (χ4v) is 2.23. The van der Waals surface area contributed by atoms with Gasteiger partial charge in [0.05, 0.1) is 6.61 Å². The van der Waals surface area contributed by atoms with Gasteiger partial charge in [-0.25, -0.2) is 9.97 Å². The van der Waals surface area contributed by atoms with Gasteiger partial charge in [0.1, 0.15) is 11.6 Å². The number of aliphatic hydroxyl groups excluding tert-OH is 1. The third-order valence-electron chi connectivity index (χ3n) is 3.39. The Morgan fingerprint density at radius 1 is 1.41 bits per heavy atom. The second-order valence-electron chi connectivity index (χ2n) is 4.62. The lowest BCUT2D eigenvalue weighted by Crippen LogP contribution is -2.42. The third kappa shape index (κ3) is 2.75. The summed E-state index contributed by atoms with van der Waals surface area (Å²) < 4.78 is 0. The van der Waals surface area contributed by atoms with Crippen LogP contribution in [-0.2, 0) is 6.42 Å². The van der Waals surface area contributed by atoms with E-state index in [2.05, 4.69) is 27.9 Å². The number of hydrogen-bond donors (Lipinski definition) is 1. The molecule has 0 aromatic carbocycles. The molecule has 4 heteroatoms. The van der Waals surface area contributed by atoms with Gasteiger partial charge in [0.25, 0.3) is 0 Å². The Labute approximate surface area is 103 Å². The van der Waals surface area contributed by atoms with Crippen LogP contribution in [0, 0.1) is 6.92 Å². The fourth-order valence-electron chi connectivity index (χ4n) is 2.23. The van der Waals surface area contributed by atoms with E-state index >= 15 is 0 Å². The first-order valence-electron chi connectivity index (χ1n) is 6.46. The average molecular weight is 235 g/mol. The van der Waals surface area contributed by atoms with Crippen LogP contribution in [0.5, 0.6) is 0 Å². The number of aliphatic hydroxyl groups is 1. The molecule has 94 valence electrons. The van der Waals surface area contributed by atoms with Gasteiger partial charge in [-0.3, -0.25) is 0 Å². The van der Waals surface area contributed by atoms with Gasteiger partial charge in [-0.1, -0.05) is 6.92 Å². The Hall–Kier alpha value is -1.16. The zero-order valence-corrected chi connectivity index (χ0v) is 10.7. The Morgan fingerprint density at radius 3 is 2.71 bits per heavy atom. The van der Waals surface area contributed by atoms with Crippen molar-refractivity contribution in [3.8, 4) is 0 Å². The number of nitrogens with zero attached hydrogens (tertiary/aromatic N) is 3. The van der Waals surface area contributed by atoms with Crippen LogP contribution in [0.4, 0.5) is 5.82 Å². The maximum atomic E-state index is 9.18. The molecule has 0 spiro atoms. The van der Waals surface area contributed by atoms with Crippen LogP contribution >= 0.6 is 0 Å². The lowest BCUT2D eigenvalue weighted by Gasteiger charge is -2.38. The Kier molecular flexibility index (Phi) is 3.94. The number of aromatic nitrogens is 2. The smallest absolute Gasteiger partial charge is 0.132 e. The van der Waals surface area contributed by atoms with E-state index in [-0.39, 0.29) is 6.61 Å². The van der Waals surface area contributed by atoms with E-state index in [9.17, 15) is 5.11 Å². The van der Waals surface area contributed by atoms with Gasteiger partial charge in [-0.2, -0.15) is 0 Å². The molecule has 1 aliphatic carbocycles. The highest BCUT2D eigenvalue weighted by atomic mass is 16.3. The molecule has 1 aliphatic rings. The van der Waals surface area contributed by atoms with Gasteiger partial charge in [-0.15, -0.1) is 0 Å². The molecule has 1 saturated carbocycles. The molecule has 0 amide bonds. The SMILES string of the molecule is CCc1cc(N(CCO)C2CCC2)nc(C)n1. The van der Waals surface area contributed by atoms with E-state index < -0.39 is 0 Å². The van der Waals surface area contributed by atoms with Crippen LogP contribution in [0.2, 0.25) is 0 Å². The van der Waals surface area contributed by atoms with E-state index in [0.29, 0.717) is 12.6 Å². The van der Waals surface area contributed by atoms with Crippen LogP contribution < -0.4 is 4.90 Å². The molecule has 0 bridgehead atoms. The minimum Gasteiger partial charge on any atom is -0.395 e. The first-order valence-corrected chi connectivity index (χ1v) is 6.46. The second-order valence-corrected chi connectivity index (χ2v) is 4.62. The second kappa shape index (κ2) is 5.45. The Bertz CT molecular complexity index is 377. The van der Waals surface area contributed by atoms with Crippen molar-refractivity contribution < 1.29 is 5.11 Å². The van der Waals surface area contributed by atoms with Crippen LogP contribution in [0.1, 0.15) is 37.7 Å². The van der Waals surface area contributed by atoms with Gasteiger partial charge in [0.15, 0.2) is 0 Å². The van der Waals surface area contributed by atoms with Crippen molar-refractivity contribution in [1.82, 2.24) is 9.97 Å². The van der Waals surface area contributed by atoms with E-state index in [1.54, 1.807) is 0 Å². The maximum Gasteiger partial charge on any atom is 0.132 e. The number of rotatable bonds is 5. The average Bonchev–Trinajstić information content (AvgIpc) is 2.25. The number of anilines is 1. The van der Waals surface area contributed by atoms with E-state index in [1.165, 1.54) is 19.3 Å². The summed E-state index contributed by atoms with van der Waals surface area (Å²) in [7, 11) is 0. The fraction of sp³-hybridized carbons (Fsp3) is 0.692. The Morgan fingerprint density at radius 2 is 2.18 bits per heavy atom. The zero-order valence-electron chi connectivity index (χ0n) is 10.7. The molecule has 17 heavy (non-hydrogen) atoms. The highest BCUT2D eigenvalue weighted by Gasteiger charge is 2.25. The van der Waals surface area contributed by atoms with E-state index in [4.69, 9.17) is 0 Å². The molecule has 0 unspecified atom stereocenters. The molecule has 0 saturated heterocycles. The van der Waals surface area contributed by atoms with Gasteiger partial charge >= 0.3 is 0 Å². The molecule has 1 aromatic heterocycles. The molecule has 1 heterocycles. The number of aryl methyl sites for hydroxylation is 2. The van der Waals surface area contributed by atoms with Crippen molar-refractivity contribution >= 4 is 5.82 Å². The summed E-state index contributed by atoms with van der Waals surface area (Å²) in [5, 5.41) is 9.18. The highest BCUT2D eigenvalue weighted by molar-refractivity contribution is 5.41. The molecule has 1 aromatic rings. The summed E-state index contributed by atoms with van der Waals surface area (Å²) in [6.45, 7) is 4.89. The molecule has 2 rings (SSSR count). The minimum atomic E-state index is 0.182. The van der Waals surface area contributed by atoms with Crippen molar-refractivity contribution in [2.75, 3.05) is 18.1 Å². The molecule has 0 radical (unpaired) electrons. The Balaban J connectivity index is 2.24. The molecule has 1 N–H and O–H groups in total. The third-order valence-corrected chi connectivity index (χ3v) is 3.39. The summed E-state index contributed by atoms with van der Waals surface area (Å²) in [5.74, 6) is 1.80. The summed E-state index contributed by atoms with van der Waals surface area (Å²) in [4.78, 5) is 11.1. The van der Waals surface area contributed by atoms with Gasteiger partial charge < -0.3 is 10.0 Å². The van der Waals surface area contributed by atoms with Crippen LogP contribution in [-0.4, -0.2) is 34.3 Å².